The van der Waals surface area contributed by atoms with Crippen molar-refractivity contribution in [3.8, 4) is 0 Å². The molecule has 0 radical (unpaired) electrons. The first-order valence-corrected chi connectivity index (χ1v) is 7.59. The van der Waals surface area contributed by atoms with Gasteiger partial charge in [-0.2, -0.15) is 0 Å². The zero-order valence-electron chi connectivity index (χ0n) is 10.9. The molecule has 21 heavy (non-hydrogen) atoms. The molecule has 3 aromatic rings. The minimum absolute atomic E-state index is 0.348. The van der Waals surface area contributed by atoms with E-state index < -0.39 is 6.04 Å². The summed E-state index contributed by atoms with van der Waals surface area (Å²) in [6.07, 6.45) is 0.348. The first kappa shape index (κ1) is 14.6. The fourth-order valence-electron chi connectivity index (χ4n) is 2.25. The molecule has 0 bridgehead atoms. The Morgan fingerprint density at radius 2 is 2.05 bits per heavy atom. The van der Waals surface area contributed by atoms with Gasteiger partial charge in [-0.25, -0.2) is 4.39 Å². The molecule has 2 aromatic carbocycles. The molecule has 3 rings (SSSR count). The Morgan fingerprint density at radius 3 is 2.76 bits per heavy atom. The molecule has 0 spiro atoms. The number of halogens is 3. The molecule has 2 N–H and O–H groups in total. The average Bonchev–Trinajstić information content (AvgIpc) is 2.87. The van der Waals surface area contributed by atoms with Crippen molar-refractivity contribution in [2.75, 3.05) is 0 Å². The zero-order chi connectivity index (χ0) is 15.0. The van der Waals surface area contributed by atoms with Gasteiger partial charge in [0.25, 0.3) is 0 Å². The van der Waals surface area contributed by atoms with Crippen LogP contribution in [0.1, 0.15) is 17.4 Å². The number of hydrogen-bond acceptors (Lipinski definition) is 2. The number of fused-ring (bicyclic) bond motifs is 1. The van der Waals surface area contributed by atoms with Gasteiger partial charge in [-0.05, 0) is 52.2 Å². The summed E-state index contributed by atoms with van der Waals surface area (Å²) in [5.41, 5.74) is 7.41. The number of furan rings is 1. The van der Waals surface area contributed by atoms with E-state index in [0.717, 1.165) is 15.4 Å². The second kappa shape index (κ2) is 5.79. The molecule has 0 saturated heterocycles. The van der Waals surface area contributed by atoms with Gasteiger partial charge in [0, 0.05) is 10.4 Å². The zero-order valence-corrected chi connectivity index (χ0v) is 13.3. The number of nitrogens with two attached hydrogens (primary N) is 1. The van der Waals surface area contributed by atoms with Gasteiger partial charge in [0.1, 0.15) is 17.2 Å². The van der Waals surface area contributed by atoms with E-state index in [0.29, 0.717) is 22.8 Å². The van der Waals surface area contributed by atoms with Crippen LogP contribution in [-0.2, 0) is 6.42 Å². The lowest BCUT2D eigenvalue weighted by Crippen LogP contribution is -2.13. The van der Waals surface area contributed by atoms with Crippen LogP contribution in [0.4, 0.5) is 4.39 Å². The van der Waals surface area contributed by atoms with E-state index in [1.807, 2.05) is 24.3 Å². The van der Waals surface area contributed by atoms with Gasteiger partial charge in [0.15, 0.2) is 0 Å². The highest BCUT2D eigenvalue weighted by Gasteiger charge is 2.16. The third-order valence-corrected chi connectivity index (χ3v) is 4.20. The summed E-state index contributed by atoms with van der Waals surface area (Å²) in [5, 5.41) is 1.34. The molecule has 1 aromatic heterocycles. The van der Waals surface area contributed by atoms with Crippen LogP contribution in [0.3, 0.4) is 0 Å². The van der Waals surface area contributed by atoms with Crippen molar-refractivity contribution >= 4 is 38.5 Å². The molecule has 0 aliphatic carbocycles. The van der Waals surface area contributed by atoms with Crippen molar-refractivity contribution in [2.45, 2.75) is 12.5 Å². The van der Waals surface area contributed by atoms with Gasteiger partial charge in [0.05, 0.1) is 10.5 Å². The number of rotatable bonds is 3. The highest BCUT2D eigenvalue weighted by atomic mass is 79.9. The van der Waals surface area contributed by atoms with Gasteiger partial charge in [-0.3, -0.25) is 0 Å². The summed E-state index contributed by atoms with van der Waals surface area (Å²) in [5.74, 6) is 0.279. The minimum atomic E-state index is -0.417. The van der Waals surface area contributed by atoms with Crippen molar-refractivity contribution in [3.05, 3.63) is 69.1 Å². The molecule has 0 aliphatic heterocycles. The van der Waals surface area contributed by atoms with Crippen molar-refractivity contribution in [3.63, 3.8) is 0 Å². The van der Waals surface area contributed by atoms with Crippen molar-refractivity contribution in [1.29, 1.82) is 0 Å². The molecular formula is C16H12BrClFNO. The molecule has 1 unspecified atom stereocenters. The van der Waals surface area contributed by atoms with Crippen LogP contribution in [-0.4, -0.2) is 0 Å². The molecule has 0 aliphatic rings. The molecule has 1 atom stereocenters. The third-order valence-electron chi connectivity index (χ3n) is 3.34. The van der Waals surface area contributed by atoms with Gasteiger partial charge in [-0.15, -0.1) is 0 Å². The second-order valence-corrected chi connectivity index (χ2v) is 6.14. The Balaban J connectivity index is 1.90. The summed E-state index contributed by atoms with van der Waals surface area (Å²) in [7, 11) is 0. The minimum Gasteiger partial charge on any atom is -0.458 e. The highest BCUT2D eigenvalue weighted by molar-refractivity contribution is 9.10. The van der Waals surface area contributed by atoms with E-state index >= 15 is 0 Å². The lowest BCUT2D eigenvalue weighted by Gasteiger charge is -2.09. The fourth-order valence-corrected chi connectivity index (χ4v) is 2.88. The van der Waals surface area contributed by atoms with E-state index in [1.54, 1.807) is 12.1 Å². The van der Waals surface area contributed by atoms with E-state index in [2.05, 4.69) is 15.9 Å². The smallest absolute Gasteiger partial charge is 0.148 e. The van der Waals surface area contributed by atoms with Crippen molar-refractivity contribution in [2.24, 2.45) is 5.73 Å². The molecule has 2 nitrogen and oxygen atoms in total. The second-order valence-electron chi connectivity index (χ2n) is 4.85. The van der Waals surface area contributed by atoms with Crippen LogP contribution in [0, 0.1) is 5.82 Å². The van der Waals surface area contributed by atoms with Crippen LogP contribution in [0.15, 0.2) is 51.4 Å². The van der Waals surface area contributed by atoms with Gasteiger partial charge in [0.2, 0.25) is 0 Å². The van der Waals surface area contributed by atoms with Crippen LogP contribution in [0.25, 0.3) is 11.0 Å². The Labute approximate surface area is 134 Å². The molecule has 1 heterocycles. The largest absolute Gasteiger partial charge is 0.458 e. The topological polar surface area (TPSA) is 39.2 Å². The molecule has 0 fully saturated rings. The number of hydrogen-bond donors (Lipinski definition) is 1. The van der Waals surface area contributed by atoms with Crippen LogP contribution < -0.4 is 5.73 Å². The summed E-state index contributed by atoms with van der Waals surface area (Å²) in [6.45, 7) is 0. The maximum Gasteiger partial charge on any atom is 0.148 e. The Kier molecular flexibility index (Phi) is 4.02. The van der Waals surface area contributed by atoms with E-state index in [4.69, 9.17) is 21.8 Å². The number of benzene rings is 2. The monoisotopic (exact) mass is 367 g/mol. The number of para-hydroxylation sites is 1. The lowest BCUT2D eigenvalue weighted by atomic mass is 10.0. The molecule has 0 amide bonds. The molecule has 108 valence electrons. The lowest BCUT2D eigenvalue weighted by molar-refractivity contribution is 0.486. The Bertz CT molecular complexity index is 802. The summed E-state index contributed by atoms with van der Waals surface area (Å²) < 4.78 is 20.5. The predicted octanol–water partition coefficient (Wildman–Crippen LogP) is 5.23. The first-order chi connectivity index (χ1) is 10.0. The summed E-state index contributed by atoms with van der Waals surface area (Å²) in [6, 6.07) is 11.8. The van der Waals surface area contributed by atoms with Crippen molar-refractivity contribution in [1.82, 2.24) is 0 Å². The first-order valence-electron chi connectivity index (χ1n) is 6.42. The average molecular weight is 369 g/mol. The van der Waals surface area contributed by atoms with Crippen LogP contribution in [0.5, 0.6) is 0 Å². The molecular weight excluding hydrogens is 357 g/mol. The maximum absolute atomic E-state index is 13.8. The fraction of sp³-hybridized carbons (Fsp3) is 0.125. The maximum atomic E-state index is 13.8. The third kappa shape index (κ3) is 2.98. The highest BCUT2D eigenvalue weighted by Crippen LogP contribution is 2.30. The van der Waals surface area contributed by atoms with Crippen LogP contribution in [0.2, 0.25) is 5.02 Å². The molecule has 5 heteroatoms. The van der Waals surface area contributed by atoms with Crippen LogP contribution >= 0.6 is 27.5 Å². The van der Waals surface area contributed by atoms with E-state index in [9.17, 15) is 4.39 Å². The standard InChI is InChI=1S/C16H12BrClFNO/c17-12-3-1-2-10-7-15(21-16(10)12)14(20)6-9-4-5-11(18)8-13(9)19/h1-5,7-8,14H,6,20H2. The summed E-state index contributed by atoms with van der Waals surface area (Å²) >= 11 is 9.18. The van der Waals surface area contributed by atoms with Crippen molar-refractivity contribution < 1.29 is 8.81 Å². The summed E-state index contributed by atoms with van der Waals surface area (Å²) in [4.78, 5) is 0. The normalized spacial score (nSPS) is 12.8. The van der Waals surface area contributed by atoms with Gasteiger partial charge >= 0.3 is 0 Å². The quantitative estimate of drug-likeness (QED) is 0.687. The van der Waals surface area contributed by atoms with E-state index in [1.165, 1.54) is 6.07 Å². The van der Waals surface area contributed by atoms with Gasteiger partial charge < -0.3 is 10.2 Å². The molecule has 0 saturated carbocycles. The predicted molar refractivity (Wildman–Crippen MR) is 86.0 cm³/mol. The Morgan fingerprint density at radius 1 is 1.24 bits per heavy atom. The van der Waals surface area contributed by atoms with Gasteiger partial charge in [-0.1, -0.05) is 29.8 Å². The SMILES string of the molecule is NC(Cc1ccc(Cl)cc1F)c1cc2cccc(Br)c2o1. The van der Waals surface area contributed by atoms with E-state index in [-0.39, 0.29) is 5.82 Å². The Hall–Kier alpha value is -1.36.